The molecule has 2 aromatic carbocycles. The zero-order chi connectivity index (χ0) is 20.2. The molecule has 1 saturated heterocycles. The molecule has 150 valence electrons. The summed E-state index contributed by atoms with van der Waals surface area (Å²) in [4.78, 5) is 26.5. The van der Waals surface area contributed by atoms with Crippen molar-refractivity contribution in [1.82, 2.24) is 10.2 Å². The Hall–Kier alpha value is -2.90. The van der Waals surface area contributed by atoms with Crippen molar-refractivity contribution in [3.63, 3.8) is 0 Å². The zero-order valence-corrected chi connectivity index (χ0v) is 16.7. The van der Waals surface area contributed by atoms with Crippen LogP contribution in [-0.4, -0.2) is 36.0 Å². The molecule has 0 unspecified atom stereocenters. The van der Waals surface area contributed by atoms with E-state index < -0.39 is 12.1 Å². The van der Waals surface area contributed by atoms with Gasteiger partial charge in [-0.15, -0.1) is 11.3 Å². The second-order valence-electron chi connectivity index (χ2n) is 7.15. The molecule has 2 heterocycles. The Bertz CT molecular complexity index is 994. The number of nitrogens with two attached hydrogens (primary N) is 1. The lowest BCUT2D eigenvalue weighted by molar-refractivity contribution is -0.146. The number of carbonyl (C=O) groups is 2. The molecule has 7 heteroatoms. The molecule has 1 aromatic heterocycles. The van der Waals surface area contributed by atoms with Crippen molar-refractivity contribution < 1.29 is 14.3 Å². The number of benzene rings is 2. The van der Waals surface area contributed by atoms with E-state index in [0.717, 1.165) is 10.4 Å². The van der Waals surface area contributed by atoms with Crippen LogP contribution < -0.4 is 11.1 Å². The van der Waals surface area contributed by atoms with Crippen molar-refractivity contribution in [2.75, 3.05) is 13.1 Å². The Morgan fingerprint density at radius 2 is 1.93 bits per heavy atom. The number of fused-ring (bicyclic) bond motifs is 1. The lowest BCUT2D eigenvalue weighted by Crippen LogP contribution is -2.55. The summed E-state index contributed by atoms with van der Waals surface area (Å²) in [6.07, 6.45) is 0.224. The summed E-state index contributed by atoms with van der Waals surface area (Å²) in [6, 6.07) is 17.2. The van der Waals surface area contributed by atoms with Crippen molar-refractivity contribution in [1.29, 1.82) is 0 Å². The first-order valence-corrected chi connectivity index (χ1v) is 10.4. The fourth-order valence-corrected chi connectivity index (χ4v) is 4.34. The van der Waals surface area contributed by atoms with Gasteiger partial charge < -0.3 is 20.7 Å². The van der Waals surface area contributed by atoms with Crippen LogP contribution in [0.15, 0.2) is 60.0 Å². The molecule has 0 bridgehead atoms. The summed E-state index contributed by atoms with van der Waals surface area (Å²) in [7, 11) is 0. The van der Waals surface area contributed by atoms with Crippen LogP contribution in [0.4, 0.5) is 4.79 Å². The third-order valence-corrected chi connectivity index (χ3v) is 6.12. The van der Waals surface area contributed by atoms with Crippen LogP contribution in [0.3, 0.4) is 0 Å². The molecule has 3 amide bonds. The number of nitrogens with one attached hydrogen (secondary N) is 1. The van der Waals surface area contributed by atoms with Gasteiger partial charge in [0.1, 0.15) is 0 Å². The number of urea groups is 1. The summed E-state index contributed by atoms with van der Waals surface area (Å²) in [6.45, 7) is 1.66. The summed E-state index contributed by atoms with van der Waals surface area (Å²) in [5, 5.41) is 6.96. The fraction of sp³-hybridized carbons (Fsp3) is 0.273. The maximum atomic E-state index is 12.6. The van der Waals surface area contributed by atoms with Gasteiger partial charge in [0, 0.05) is 18.0 Å². The molecule has 3 N–H and O–H groups in total. The van der Waals surface area contributed by atoms with Crippen LogP contribution in [0.2, 0.25) is 0 Å². The quantitative estimate of drug-likeness (QED) is 0.627. The third-order valence-electron chi connectivity index (χ3n) is 5.14. The Morgan fingerprint density at radius 3 is 2.69 bits per heavy atom. The highest BCUT2D eigenvalue weighted by Gasteiger charge is 2.33. The predicted molar refractivity (Wildman–Crippen MR) is 114 cm³/mol. The smallest absolute Gasteiger partial charge is 0.312 e. The molecule has 1 fully saturated rings. The largest absolute Gasteiger partial charge is 0.370 e. The molecule has 6 nitrogen and oxygen atoms in total. The number of thiophene rings is 1. The van der Waals surface area contributed by atoms with Crippen LogP contribution in [0.25, 0.3) is 10.8 Å². The maximum Gasteiger partial charge on any atom is 0.312 e. The predicted octanol–water partition coefficient (Wildman–Crippen LogP) is 3.43. The number of nitrogens with zero attached hydrogens (tertiary/aromatic N) is 1. The number of hydrogen-bond acceptors (Lipinski definition) is 4. The van der Waals surface area contributed by atoms with Crippen LogP contribution in [0, 0.1) is 0 Å². The van der Waals surface area contributed by atoms with Gasteiger partial charge in [0.25, 0.3) is 0 Å². The van der Waals surface area contributed by atoms with E-state index in [9.17, 15) is 9.59 Å². The highest BCUT2D eigenvalue weighted by Crippen LogP contribution is 2.25. The molecule has 1 aliphatic rings. The van der Waals surface area contributed by atoms with E-state index in [0.29, 0.717) is 19.7 Å². The van der Waals surface area contributed by atoms with Crippen LogP contribution in [-0.2, 0) is 16.1 Å². The standard InChI is InChI=1S/C22H23N3O3S/c23-22(27)24-19(20-9-4-10-29-20)11-21(26)25-12-17(13-25)28-14-16-7-3-6-15-5-1-2-8-18(15)16/h1-10,17,19H,11-14H2,(H3,23,24,27)/t19-/m0/s1. The first kappa shape index (κ1) is 19.4. The van der Waals surface area contributed by atoms with Crippen molar-refractivity contribution >= 4 is 34.0 Å². The van der Waals surface area contributed by atoms with Gasteiger partial charge in [-0.25, -0.2) is 4.79 Å². The number of likely N-dealkylation sites (tertiary alicyclic amines) is 1. The van der Waals surface area contributed by atoms with Crippen LogP contribution in [0.5, 0.6) is 0 Å². The van der Waals surface area contributed by atoms with E-state index in [1.54, 1.807) is 4.90 Å². The highest BCUT2D eigenvalue weighted by atomic mass is 32.1. The normalized spacial score (nSPS) is 15.1. The molecule has 4 rings (SSSR count). The summed E-state index contributed by atoms with van der Waals surface area (Å²) >= 11 is 1.49. The van der Waals surface area contributed by atoms with Gasteiger partial charge in [-0.1, -0.05) is 48.5 Å². The summed E-state index contributed by atoms with van der Waals surface area (Å²) in [5.74, 6) is -0.0119. The molecule has 0 spiro atoms. The van der Waals surface area contributed by atoms with Gasteiger partial charge in [0.2, 0.25) is 5.91 Å². The second kappa shape index (κ2) is 8.63. The summed E-state index contributed by atoms with van der Waals surface area (Å²) in [5.41, 5.74) is 6.41. The number of primary amides is 1. The first-order chi connectivity index (χ1) is 14.1. The number of ether oxygens (including phenoxy) is 1. The maximum absolute atomic E-state index is 12.6. The molecule has 0 saturated carbocycles. The average molecular weight is 410 g/mol. The van der Waals surface area contributed by atoms with Crippen molar-refractivity contribution in [2.24, 2.45) is 5.73 Å². The van der Waals surface area contributed by atoms with E-state index >= 15 is 0 Å². The molecule has 29 heavy (non-hydrogen) atoms. The van der Waals surface area contributed by atoms with Crippen molar-refractivity contribution in [3.8, 4) is 0 Å². The molecule has 1 aliphatic heterocycles. The number of hydrogen-bond donors (Lipinski definition) is 2. The SMILES string of the molecule is NC(=O)N[C@@H](CC(=O)N1CC(OCc2cccc3ccccc23)C1)c1cccs1. The van der Waals surface area contributed by atoms with Gasteiger partial charge in [-0.2, -0.15) is 0 Å². The second-order valence-corrected chi connectivity index (χ2v) is 8.13. The lowest BCUT2D eigenvalue weighted by Gasteiger charge is -2.39. The Balaban J connectivity index is 1.29. The Morgan fingerprint density at radius 1 is 1.14 bits per heavy atom. The minimum Gasteiger partial charge on any atom is -0.370 e. The van der Waals surface area contributed by atoms with Crippen LogP contribution >= 0.6 is 11.3 Å². The van der Waals surface area contributed by atoms with Crippen LogP contribution in [0.1, 0.15) is 22.9 Å². The number of carbonyl (C=O) groups excluding carboxylic acids is 2. The monoisotopic (exact) mass is 409 g/mol. The number of rotatable bonds is 7. The van der Waals surface area contributed by atoms with E-state index in [4.69, 9.17) is 10.5 Å². The van der Waals surface area contributed by atoms with Gasteiger partial charge in [-0.05, 0) is 27.8 Å². The van der Waals surface area contributed by atoms with Crippen molar-refractivity contribution in [3.05, 3.63) is 70.4 Å². The molecule has 1 atom stereocenters. The fourth-order valence-electron chi connectivity index (χ4n) is 3.56. The van der Waals surface area contributed by atoms with Crippen molar-refractivity contribution in [2.45, 2.75) is 25.2 Å². The minimum absolute atomic E-state index is 0.0119. The molecular weight excluding hydrogens is 386 g/mol. The number of amides is 3. The third kappa shape index (κ3) is 4.58. The molecular formula is C22H23N3O3S. The molecule has 3 aromatic rings. The van der Waals surface area contributed by atoms with Gasteiger partial charge in [0.05, 0.1) is 25.2 Å². The summed E-state index contributed by atoms with van der Waals surface area (Å²) < 4.78 is 6.01. The minimum atomic E-state index is -0.629. The highest BCUT2D eigenvalue weighted by molar-refractivity contribution is 7.10. The Kier molecular flexibility index (Phi) is 5.78. The molecule has 0 radical (unpaired) electrons. The van der Waals surface area contributed by atoms with E-state index in [2.05, 4.69) is 29.6 Å². The van der Waals surface area contributed by atoms with E-state index in [-0.39, 0.29) is 18.4 Å². The van der Waals surface area contributed by atoms with E-state index in [1.807, 2.05) is 35.7 Å². The van der Waals surface area contributed by atoms with Gasteiger partial charge in [0.15, 0.2) is 0 Å². The lowest BCUT2D eigenvalue weighted by atomic mass is 10.0. The average Bonchev–Trinajstić information content (AvgIpc) is 3.21. The van der Waals surface area contributed by atoms with Gasteiger partial charge in [-0.3, -0.25) is 4.79 Å². The Labute approximate surface area is 173 Å². The first-order valence-electron chi connectivity index (χ1n) is 9.55. The topological polar surface area (TPSA) is 84.7 Å². The molecule has 0 aliphatic carbocycles. The van der Waals surface area contributed by atoms with Gasteiger partial charge >= 0.3 is 6.03 Å². The van der Waals surface area contributed by atoms with E-state index in [1.165, 1.54) is 22.1 Å². The zero-order valence-electron chi connectivity index (χ0n) is 15.9.